The molecular formula is C32H24F6N4O3. The van der Waals surface area contributed by atoms with Crippen LogP contribution in [0.4, 0.5) is 32.0 Å². The summed E-state index contributed by atoms with van der Waals surface area (Å²) in [5, 5.41) is 0. The maximum Gasteiger partial charge on any atom is 0.416 e. The zero-order valence-electron chi connectivity index (χ0n) is 23.8. The van der Waals surface area contributed by atoms with Gasteiger partial charge >= 0.3 is 18.4 Å². The number of alkyl halides is 6. The molecule has 0 saturated carbocycles. The van der Waals surface area contributed by atoms with E-state index in [1.54, 1.807) is 68.4 Å². The lowest BCUT2D eigenvalue weighted by atomic mass is 9.69. The van der Waals surface area contributed by atoms with Gasteiger partial charge in [-0.25, -0.2) is 9.97 Å². The number of carbonyl (C=O) groups excluding carboxylic acids is 2. The molecule has 2 amide bonds. The average molecular weight is 627 g/mol. The molecule has 13 heteroatoms. The van der Waals surface area contributed by atoms with Gasteiger partial charge in [0.05, 0.1) is 23.4 Å². The van der Waals surface area contributed by atoms with E-state index in [1.807, 2.05) is 0 Å². The Bertz CT molecular complexity index is 1760. The van der Waals surface area contributed by atoms with Crippen LogP contribution in [-0.2, 0) is 34.0 Å². The Balaban J connectivity index is 1.51. The van der Waals surface area contributed by atoms with E-state index in [9.17, 15) is 35.9 Å². The van der Waals surface area contributed by atoms with E-state index in [0.717, 1.165) is 4.90 Å². The van der Waals surface area contributed by atoms with Crippen molar-refractivity contribution in [3.63, 3.8) is 0 Å². The Labute approximate surface area is 253 Å². The van der Waals surface area contributed by atoms with Crippen LogP contribution < -0.4 is 9.64 Å². The van der Waals surface area contributed by atoms with Gasteiger partial charge in [-0.1, -0.05) is 48.5 Å². The van der Waals surface area contributed by atoms with Crippen LogP contribution in [-0.4, -0.2) is 39.3 Å². The topological polar surface area (TPSA) is 75.6 Å². The number of β-lactam (4-membered cyclic amide) rings is 1. The Morgan fingerprint density at radius 1 is 0.822 bits per heavy atom. The Morgan fingerprint density at radius 3 is 2.00 bits per heavy atom. The Kier molecular flexibility index (Phi) is 7.09. The quantitative estimate of drug-likeness (QED) is 0.195. The van der Waals surface area contributed by atoms with E-state index in [0.29, 0.717) is 34.6 Å². The van der Waals surface area contributed by atoms with E-state index in [2.05, 4.69) is 9.97 Å². The molecule has 45 heavy (non-hydrogen) atoms. The molecule has 4 aromatic rings. The average Bonchev–Trinajstić information content (AvgIpc) is 3.06. The maximum atomic E-state index is 13.8. The summed E-state index contributed by atoms with van der Waals surface area (Å²) < 4.78 is 88.0. The number of amides is 2. The van der Waals surface area contributed by atoms with E-state index < -0.39 is 60.0 Å². The molecule has 0 N–H and O–H groups in total. The SMILES string of the molecule is Cc1cc(C)nc(O[C@@H]2C(=O)N3CC(=O)N(Cc4cc(C(F)(F)F)cc(C(F)(F)F)c4)c4ccccc4[C@@]23c2ccccc2)n1. The summed E-state index contributed by atoms with van der Waals surface area (Å²) in [5.41, 5.74) is -2.45. The lowest BCUT2D eigenvalue weighted by Crippen LogP contribution is -2.74. The van der Waals surface area contributed by atoms with Gasteiger partial charge in [0.2, 0.25) is 12.0 Å². The first kappa shape index (κ1) is 30.1. The molecule has 6 rings (SSSR count). The highest BCUT2D eigenvalue weighted by Crippen LogP contribution is 2.53. The number of rotatable bonds is 5. The highest BCUT2D eigenvalue weighted by molar-refractivity contribution is 6.04. The number of ether oxygens (including phenoxy) is 1. The molecule has 1 aromatic heterocycles. The predicted molar refractivity (Wildman–Crippen MR) is 149 cm³/mol. The molecule has 2 atom stereocenters. The molecule has 0 radical (unpaired) electrons. The number of carbonyl (C=O) groups is 2. The Morgan fingerprint density at radius 2 is 1.40 bits per heavy atom. The molecular weight excluding hydrogens is 602 g/mol. The third kappa shape index (κ3) is 5.15. The lowest BCUT2D eigenvalue weighted by molar-refractivity contribution is -0.178. The summed E-state index contributed by atoms with van der Waals surface area (Å²) in [6, 6.07) is 18.1. The number of para-hydroxylation sites is 1. The van der Waals surface area contributed by atoms with Crippen molar-refractivity contribution in [3.05, 3.63) is 118 Å². The van der Waals surface area contributed by atoms with Gasteiger partial charge < -0.3 is 14.5 Å². The molecule has 232 valence electrons. The maximum absolute atomic E-state index is 13.8. The molecule has 0 unspecified atom stereocenters. The normalized spacial score (nSPS) is 19.9. The largest absolute Gasteiger partial charge is 0.447 e. The highest BCUT2D eigenvalue weighted by atomic mass is 19.4. The molecule has 2 aliphatic rings. The number of hydrogen-bond acceptors (Lipinski definition) is 5. The summed E-state index contributed by atoms with van der Waals surface area (Å²) >= 11 is 0. The number of anilines is 1. The van der Waals surface area contributed by atoms with Crippen LogP contribution in [0.2, 0.25) is 0 Å². The summed E-state index contributed by atoms with van der Waals surface area (Å²) in [6.45, 7) is 2.32. The second-order valence-corrected chi connectivity index (χ2v) is 10.9. The molecule has 0 aliphatic carbocycles. The predicted octanol–water partition coefficient (Wildman–Crippen LogP) is 6.21. The van der Waals surface area contributed by atoms with E-state index in [-0.39, 0.29) is 23.3 Å². The fourth-order valence-electron chi connectivity index (χ4n) is 6.05. The first-order valence-corrected chi connectivity index (χ1v) is 13.7. The first-order valence-electron chi connectivity index (χ1n) is 13.7. The second kappa shape index (κ2) is 10.6. The molecule has 3 heterocycles. The van der Waals surface area contributed by atoms with Crippen LogP contribution in [0, 0.1) is 13.8 Å². The molecule has 1 saturated heterocycles. The molecule has 7 nitrogen and oxygen atoms in total. The van der Waals surface area contributed by atoms with Crippen molar-refractivity contribution in [2.75, 3.05) is 11.4 Å². The Hall–Kier alpha value is -4.94. The molecule has 2 aliphatic heterocycles. The fourth-order valence-corrected chi connectivity index (χ4v) is 6.05. The van der Waals surface area contributed by atoms with E-state index >= 15 is 0 Å². The van der Waals surface area contributed by atoms with E-state index in [1.165, 1.54) is 11.0 Å². The van der Waals surface area contributed by atoms with Gasteiger partial charge in [-0.05, 0) is 55.3 Å². The minimum Gasteiger partial charge on any atom is -0.447 e. The summed E-state index contributed by atoms with van der Waals surface area (Å²) in [5.74, 6) is -1.27. The third-order valence-electron chi connectivity index (χ3n) is 7.88. The minimum absolute atomic E-state index is 0.0354. The fraction of sp³-hybridized carbons (Fsp3) is 0.250. The standard InChI is InChI=1S/C32H24F6N4O3/c1-18-12-19(2)40-29(39-18)45-27-28(44)42-17-26(43)41(16-20-13-22(31(33,34)35)15-23(14-20)32(36,37)38)25-11-7-6-10-24(25)30(27,42)21-8-4-3-5-9-21/h3-15,27H,16-17H2,1-2H3/t27-,30+/m1/s1. The summed E-state index contributed by atoms with van der Waals surface area (Å²) in [7, 11) is 0. The summed E-state index contributed by atoms with van der Waals surface area (Å²) in [6.07, 6.45) is -11.4. The number of hydrogen-bond donors (Lipinski definition) is 0. The third-order valence-corrected chi connectivity index (χ3v) is 7.88. The van der Waals surface area contributed by atoms with Gasteiger partial charge in [0.25, 0.3) is 5.91 Å². The van der Waals surface area contributed by atoms with Crippen LogP contribution in [0.15, 0.2) is 78.9 Å². The monoisotopic (exact) mass is 626 g/mol. The second-order valence-electron chi connectivity index (χ2n) is 10.9. The van der Waals surface area contributed by atoms with Gasteiger partial charge in [0.1, 0.15) is 12.1 Å². The highest BCUT2D eigenvalue weighted by Gasteiger charge is 2.67. The number of fused-ring (bicyclic) bond motifs is 3. The molecule has 1 fully saturated rings. The van der Waals surface area contributed by atoms with Crippen molar-refractivity contribution in [3.8, 4) is 6.01 Å². The van der Waals surface area contributed by atoms with E-state index in [4.69, 9.17) is 4.74 Å². The van der Waals surface area contributed by atoms with Crippen molar-refractivity contribution in [1.29, 1.82) is 0 Å². The van der Waals surface area contributed by atoms with Crippen molar-refractivity contribution >= 4 is 17.5 Å². The van der Waals surface area contributed by atoms with Crippen LogP contribution >= 0.6 is 0 Å². The van der Waals surface area contributed by atoms with Crippen LogP contribution in [0.5, 0.6) is 6.01 Å². The van der Waals surface area contributed by atoms with Crippen LogP contribution in [0.25, 0.3) is 0 Å². The summed E-state index contributed by atoms with van der Waals surface area (Å²) in [4.78, 5) is 38.6. The van der Waals surface area contributed by atoms with Crippen molar-refractivity contribution in [2.45, 2.75) is 44.4 Å². The van der Waals surface area contributed by atoms with Crippen molar-refractivity contribution in [2.24, 2.45) is 0 Å². The van der Waals surface area contributed by atoms with Gasteiger partial charge in [0.15, 0.2) is 0 Å². The zero-order chi connectivity index (χ0) is 32.3. The molecule has 0 spiro atoms. The van der Waals surface area contributed by atoms with Crippen LogP contribution in [0.1, 0.15) is 39.2 Å². The van der Waals surface area contributed by atoms with Gasteiger partial charge in [-0.3, -0.25) is 9.59 Å². The van der Waals surface area contributed by atoms with Gasteiger partial charge in [-0.15, -0.1) is 0 Å². The number of aryl methyl sites for hydroxylation is 2. The smallest absolute Gasteiger partial charge is 0.416 e. The van der Waals surface area contributed by atoms with Crippen molar-refractivity contribution in [1.82, 2.24) is 14.9 Å². The van der Waals surface area contributed by atoms with Gasteiger partial charge in [0, 0.05) is 17.0 Å². The van der Waals surface area contributed by atoms with Gasteiger partial charge in [-0.2, -0.15) is 26.3 Å². The first-order chi connectivity index (χ1) is 21.2. The number of aromatic nitrogens is 2. The number of nitrogens with zero attached hydrogens (tertiary/aromatic N) is 4. The molecule has 0 bridgehead atoms. The van der Waals surface area contributed by atoms with Crippen molar-refractivity contribution < 1.29 is 40.7 Å². The number of benzene rings is 3. The molecule has 3 aromatic carbocycles. The zero-order valence-corrected chi connectivity index (χ0v) is 23.8. The minimum atomic E-state index is -5.06. The lowest BCUT2D eigenvalue weighted by Gasteiger charge is -2.55. The van der Waals surface area contributed by atoms with Crippen LogP contribution in [0.3, 0.4) is 0 Å². The number of halogens is 6.